The third-order valence-corrected chi connectivity index (χ3v) is 7.59. The fourth-order valence-electron chi connectivity index (χ4n) is 5.39. The number of hydrogen-bond acceptors (Lipinski definition) is 11. The lowest BCUT2D eigenvalue weighted by Crippen LogP contribution is -2.57. The first-order valence-corrected chi connectivity index (χ1v) is 12.4. The number of nitrogens with zero attached hydrogens (tertiary/aromatic N) is 7. The summed E-state index contributed by atoms with van der Waals surface area (Å²) in [5.74, 6) is 1.50. The molecule has 5 rings (SSSR count). The van der Waals surface area contributed by atoms with E-state index in [9.17, 15) is 9.90 Å². The number of nitrogen functional groups attached to an aromatic ring is 1. The van der Waals surface area contributed by atoms with Crippen molar-refractivity contribution >= 4 is 36.0 Å². The number of anilines is 3. The predicted molar refractivity (Wildman–Crippen MR) is 143 cm³/mol. The highest BCUT2D eigenvalue weighted by atomic mass is 35.5. The zero-order valence-electron chi connectivity index (χ0n) is 21.6. The lowest BCUT2D eigenvalue weighted by molar-refractivity contribution is -0.136. The second-order valence-corrected chi connectivity index (χ2v) is 10.6. The molecule has 0 aromatic carbocycles. The first-order chi connectivity index (χ1) is 17.1. The molecule has 202 valence electrons. The highest BCUT2D eigenvalue weighted by Gasteiger charge is 2.47. The Hall–Kier alpha value is -2.80. The quantitative estimate of drug-likeness (QED) is 0.482. The van der Waals surface area contributed by atoms with E-state index in [-0.39, 0.29) is 35.8 Å². The average molecular weight is 534 g/mol. The molecule has 0 bridgehead atoms. The predicted octanol–water partition coefficient (Wildman–Crippen LogP) is 0.226. The zero-order chi connectivity index (χ0) is 25.7. The van der Waals surface area contributed by atoms with Gasteiger partial charge in [0.2, 0.25) is 17.8 Å². The van der Waals surface area contributed by atoms with Gasteiger partial charge in [-0.3, -0.25) is 4.79 Å². The molecule has 3 atom stereocenters. The Kier molecular flexibility index (Phi) is 7.48. The second-order valence-electron chi connectivity index (χ2n) is 10.6. The van der Waals surface area contributed by atoms with E-state index in [4.69, 9.17) is 26.2 Å². The second kappa shape index (κ2) is 10.2. The van der Waals surface area contributed by atoms with E-state index < -0.39 is 12.1 Å². The Morgan fingerprint density at radius 3 is 2.68 bits per heavy atom. The first kappa shape index (κ1) is 27.2. The van der Waals surface area contributed by atoms with Gasteiger partial charge >= 0.3 is 0 Å². The molecule has 0 spiro atoms. The van der Waals surface area contributed by atoms with Crippen molar-refractivity contribution in [3.8, 4) is 11.3 Å². The maximum absolute atomic E-state index is 13.0. The van der Waals surface area contributed by atoms with Crippen LogP contribution in [-0.4, -0.2) is 99.0 Å². The van der Waals surface area contributed by atoms with Crippen molar-refractivity contribution < 1.29 is 14.6 Å². The molecule has 2 saturated heterocycles. The van der Waals surface area contributed by atoms with Crippen LogP contribution in [0.2, 0.25) is 0 Å². The molecule has 13 heteroatoms. The molecular weight excluding hydrogens is 498 g/mol. The summed E-state index contributed by atoms with van der Waals surface area (Å²) in [6, 6.07) is 0.137. The maximum Gasteiger partial charge on any atom is 0.244 e. The van der Waals surface area contributed by atoms with Crippen LogP contribution in [0.25, 0.3) is 11.3 Å². The number of carbonyl (C=O) groups is 1. The van der Waals surface area contributed by atoms with E-state index in [2.05, 4.69) is 33.6 Å². The summed E-state index contributed by atoms with van der Waals surface area (Å²) >= 11 is 0. The third kappa shape index (κ3) is 4.90. The lowest BCUT2D eigenvalue weighted by Gasteiger charge is -2.38. The number of carbonyl (C=O) groups excluding carboxylic acids is 1. The number of aromatic nitrogens is 4. The van der Waals surface area contributed by atoms with Crippen LogP contribution < -0.4 is 21.3 Å². The molecule has 12 nitrogen and oxygen atoms in total. The van der Waals surface area contributed by atoms with Crippen LogP contribution >= 0.6 is 12.4 Å². The van der Waals surface area contributed by atoms with Crippen LogP contribution in [0, 0.1) is 0 Å². The molecule has 2 fully saturated rings. The van der Waals surface area contributed by atoms with Crippen molar-refractivity contribution in [3.05, 3.63) is 18.0 Å². The third-order valence-electron chi connectivity index (χ3n) is 7.59. The molecule has 0 radical (unpaired) electrons. The molecule has 3 aliphatic heterocycles. The Morgan fingerprint density at radius 1 is 1.27 bits per heavy atom. The van der Waals surface area contributed by atoms with Crippen LogP contribution in [0.15, 0.2) is 12.4 Å². The van der Waals surface area contributed by atoms with Gasteiger partial charge in [-0.1, -0.05) is 0 Å². The summed E-state index contributed by atoms with van der Waals surface area (Å²) in [4.78, 5) is 37.7. The largest absolute Gasteiger partial charge is 0.394 e. The van der Waals surface area contributed by atoms with Crippen molar-refractivity contribution in [2.75, 3.05) is 61.5 Å². The molecule has 2 aromatic rings. The minimum Gasteiger partial charge on any atom is -0.394 e. The Bertz CT molecular complexity index is 1150. The highest BCUT2D eigenvalue weighted by molar-refractivity contribution is 5.86. The van der Waals surface area contributed by atoms with Gasteiger partial charge in [0.25, 0.3) is 0 Å². The van der Waals surface area contributed by atoms with Crippen molar-refractivity contribution in [2.45, 2.75) is 50.7 Å². The number of nitrogens with two attached hydrogens (primary N) is 2. The minimum atomic E-state index is -1.29. The van der Waals surface area contributed by atoms with Gasteiger partial charge < -0.3 is 36.0 Å². The summed E-state index contributed by atoms with van der Waals surface area (Å²) in [5.41, 5.74) is 12.8. The van der Waals surface area contributed by atoms with Crippen molar-refractivity contribution in [1.82, 2.24) is 24.8 Å². The lowest BCUT2D eigenvalue weighted by atomic mass is 9.99. The molecule has 0 saturated carbocycles. The number of amides is 1. The van der Waals surface area contributed by atoms with Crippen LogP contribution in [0.4, 0.5) is 17.7 Å². The monoisotopic (exact) mass is 533 g/mol. The number of rotatable bonds is 5. The first-order valence-electron chi connectivity index (χ1n) is 12.4. The van der Waals surface area contributed by atoms with Gasteiger partial charge in [0.15, 0.2) is 0 Å². The standard InChI is InChI=1S/C24H35N9O3.ClH/c1-15-12-36-9-8-32(15)22-29-18(16-10-27-21(25)28-11-16)17-4-6-33(19(17)30-22)23(2)5-7-31(13-23)20(35)24(3,26)14-34;/h10-11,15,34H,4-9,12-14,26H2,1-3H3,(H2,25,27,28);1H/t15-,23-,24?;/m0./s1. The minimum absolute atomic E-state index is 0. The van der Waals surface area contributed by atoms with Gasteiger partial charge in [-0.2, -0.15) is 4.98 Å². The summed E-state index contributed by atoms with van der Waals surface area (Å²) in [5, 5.41) is 9.60. The van der Waals surface area contributed by atoms with Gasteiger partial charge in [-0.25, -0.2) is 15.0 Å². The molecular formula is C24H36ClN9O3. The van der Waals surface area contributed by atoms with E-state index in [0.29, 0.717) is 38.8 Å². The number of hydrogen-bond donors (Lipinski definition) is 3. The van der Waals surface area contributed by atoms with Gasteiger partial charge in [-0.15, -0.1) is 12.4 Å². The zero-order valence-corrected chi connectivity index (χ0v) is 22.4. The maximum atomic E-state index is 13.0. The molecule has 0 aliphatic carbocycles. The van der Waals surface area contributed by atoms with Gasteiger partial charge in [-0.05, 0) is 33.6 Å². The SMILES string of the molecule is C[C@H]1COCCN1c1nc(-c2cnc(N)nc2)c2c(n1)N([C@@]1(C)CCN(C(=O)C(C)(N)CO)C1)CC2.Cl. The highest BCUT2D eigenvalue weighted by Crippen LogP contribution is 2.41. The summed E-state index contributed by atoms with van der Waals surface area (Å²) in [7, 11) is 0. The van der Waals surface area contributed by atoms with E-state index in [0.717, 1.165) is 42.0 Å². The van der Waals surface area contributed by atoms with Gasteiger partial charge in [0.05, 0.1) is 37.1 Å². The smallest absolute Gasteiger partial charge is 0.244 e. The molecule has 2 aromatic heterocycles. The number of fused-ring (bicyclic) bond motifs is 1. The summed E-state index contributed by atoms with van der Waals surface area (Å²) in [6.45, 7) is 9.21. The number of likely N-dealkylation sites (tertiary alicyclic amines) is 1. The van der Waals surface area contributed by atoms with Gasteiger partial charge in [0, 0.05) is 49.7 Å². The normalized spacial score (nSPS) is 25.0. The summed E-state index contributed by atoms with van der Waals surface area (Å²) in [6.07, 6.45) is 4.94. The number of halogens is 1. The topological polar surface area (TPSA) is 160 Å². The number of morpholine rings is 1. The number of ether oxygens (including phenoxy) is 1. The molecule has 1 unspecified atom stereocenters. The van der Waals surface area contributed by atoms with Gasteiger partial charge in [0.1, 0.15) is 11.4 Å². The average Bonchev–Trinajstić information content (AvgIpc) is 3.48. The fraction of sp³-hybridized carbons (Fsp3) is 0.625. The van der Waals surface area contributed by atoms with E-state index in [1.165, 1.54) is 0 Å². The number of aliphatic hydroxyl groups is 1. The van der Waals surface area contributed by atoms with Crippen LogP contribution in [-0.2, 0) is 16.0 Å². The Morgan fingerprint density at radius 2 is 2.00 bits per heavy atom. The fourth-order valence-corrected chi connectivity index (χ4v) is 5.39. The molecule has 5 heterocycles. The van der Waals surface area contributed by atoms with E-state index in [1.807, 2.05) is 0 Å². The Labute approximate surface area is 222 Å². The Balaban J connectivity index is 0.00000320. The summed E-state index contributed by atoms with van der Waals surface area (Å²) < 4.78 is 5.64. The number of aliphatic hydroxyl groups excluding tert-OH is 1. The molecule has 3 aliphatic rings. The van der Waals surface area contributed by atoms with E-state index >= 15 is 0 Å². The van der Waals surface area contributed by atoms with Crippen molar-refractivity contribution in [2.24, 2.45) is 5.73 Å². The van der Waals surface area contributed by atoms with Crippen molar-refractivity contribution in [1.29, 1.82) is 0 Å². The molecule has 37 heavy (non-hydrogen) atoms. The van der Waals surface area contributed by atoms with Crippen LogP contribution in [0.1, 0.15) is 32.8 Å². The van der Waals surface area contributed by atoms with Crippen molar-refractivity contribution in [3.63, 3.8) is 0 Å². The van der Waals surface area contributed by atoms with E-state index in [1.54, 1.807) is 24.2 Å². The van der Waals surface area contributed by atoms with Crippen LogP contribution in [0.5, 0.6) is 0 Å². The molecule has 5 N–H and O–H groups in total. The molecule has 1 amide bonds. The van der Waals surface area contributed by atoms with Crippen LogP contribution in [0.3, 0.4) is 0 Å².